The van der Waals surface area contributed by atoms with Crippen LogP contribution in [0, 0.1) is 0 Å². The van der Waals surface area contributed by atoms with Gasteiger partial charge < -0.3 is 10.1 Å². The number of halogens is 1. The summed E-state index contributed by atoms with van der Waals surface area (Å²) in [6.07, 6.45) is 6.83. The van der Waals surface area contributed by atoms with E-state index < -0.39 is 0 Å². The summed E-state index contributed by atoms with van der Waals surface area (Å²) in [6.45, 7) is 0. The smallest absolute Gasteiger partial charge is 0.220 e. The van der Waals surface area contributed by atoms with Crippen molar-refractivity contribution >= 4 is 17.5 Å². The van der Waals surface area contributed by atoms with Crippen LogP contribution < -0.4 is 10.1 Å². The quantitative estimate of drug-likeness (QED) is 0.814. The molecule has 1 N–H and O–H groups in total. The number of hydrogen-bond donors (Lipinski definition) is 1. The molecule has 4 heteroatoms. The maximum atomic E-state index is 12.2. The summed E-state index contributed by atoms with van der Waals surface area (Å²) in [5.41, 5.74) is 0.978. The topological polar surface area (TPSA) is 38.3 Å². The first-order valence-corrected chi connectivity index (χ1v) is 8.21. The van der Waals surface area contributed by atoms with Crippen LogP contribution in [0.2, 0.25) is 0 Å². The number of benzene rings is 1. The molecule has 0 bridgehead atoms. The first-order valence-electron chi connectivity index (χ1n) is 7.67. The van der Waals surface area contributed by atoms with Gasteiger partial charge in [0, 0.05) is 12.3 Å². The Morgan fingerprint density at radius 3 is 2.48 bits per heavy atom. The Labute approximate surface area is 132 Å². The molecule has 1 aliphatic carbocycles. The summed E-state index contributed by atoms with van der Waals surface area (Å²) < 4.78 is 5.13. The van der Waals surface area contributed by atoms with E-state index in [0.29, 0.717) is 12.3 Å². The van der Waals surface area contributed by atoms with Crippen LogP contribution in [0.25, 0.3) is 0 Å². The molecule has 0 heterocycles. The first kappa shape index (κ1) is 16.2. The Bertz CT molecular complexity index is 452. The molecule has 1 aromatic carbocycles. The van der Waals surface area contributed by atoms with E-state index in [9.17, 15) is 4.79 Å². The lowest BCUT2D eigenvalue weighted by Gasteiger charge is -2.36. The van der Waals surface area contributed by atoms with Crippen LogP contribution in [0.15, 0.2) is 24.3 Å². The number of rotatable bonds is 6. The van der Waals surface area contributed by atoms with Crippen molar-refractivity contribution in [3.05, 3.63) is 29.8 Å². The molecule has 3 nitrogen and oxygen atoms in total. The molecule has 0 atom stereocenters. The summed E-state index contributed by atoms with van der Waals surface area (Å²) in [4.78, 5) is 12.2. The molecule has 0 unspecified atom stereocenters. The Balaban J connectivity index is 1.83. The highest BCUT2D eigenvalue weighted by Gasteiger charge is 2.32. The highest BCUT2D eigenvalue weighted by atomic mass is 35.5. The molecule has 0 radical (unpaired) electrons. The number of amides is 1. The summed E-state index contributed by atoms with van der Waals surface area (Å²) in [7, 11) is 1.65. The number of methoxy groups -OCH3 is 1. The molecule has 0 saturated heterocycles. The molecular formula is C17H24ClNO2. The fourth-order valence-electron chi connectivity index (χ4n) is 2.93. The van der Waals surface area contributed by atoms with Crippen LogP contribution in [0.4, 0.5) is 0 Å². The van der Waals surface area contributed by atoms with E-state index in [1.54, 1.807) is 7.11 Å². The first-order chi connectivity index (χ1) is 10.2. The molecular weight excluding hydrogens is 286 g/mol. The molecule has 0 aliphatic heterocycles. The second-order valence-corrected chi connectivity index (χ2v) is 6.14. The molecule has 21 heavy (non-hydrogen) atoms. The van der Waals surface area contributed by atoms with Crippen LogP contribution >= 0.6 is 11.6 Å². The molecule has 0 spiro atoms. The number of carbonyl (C=O) groups is 1. The van der Waals surface area contributed by atoms with Crippen molar-refractivity contribution in [1.82, 2.24) is 5.32 Å². The minimum atomic E-state index is -0.170. The van der Waals surface area contributed by atoms with E-state index in [1.165, 1.54) is 6.42 Å². The lowest BCUT2D eigenvalue weighted by Crippen LogP contribution is -2.51. The summed E-state index contributed by atoms with van der Waals surface area (Å²) >= 11 is 6.10. The van der Waals surface area contributed by atoms with Gasteiger partial charge in [0.15, 0.2) is 0 Å². The molecule has 2 rings (SSSR count). The normalized spacial score (nSPS) is 17.2. The number of ether oxygens (including phenoxy) is 1. The van der Waals surface area contributed by atoms with E-state index in [2.05, 4.69) is 5.32 Å². The highest BCUT2D eigenvalue weighted by Crippen LogP contribution is 2.29. The molecule has 1 saturated carbocycles. The van der Waals surface area contributed by atoms with Gasteiger partial charge in [-0.05, 0) is 37.0 Å². The molecule has 1 fully saturated rings. The summed E-state index contributed by atoms with van der Waals surface area (Å²) in [5, 5.41) is 3.18. The number of nitrogens with one attached hydrogen (secondary N) is 1. The minimum Gasteiger partial charge on any atom is -0.497 e. The van der Waals surface area contributed by atoms with Crippen molar-refractivity contribution in [2.24, 2.45) is 0 Å². The maximum Gasteiger partial charge on any atom is 0.220 e. The van der Waals surface area contributed by atoms with E-state index >= 15 is 0 Å². The van der Waals surface area contributed by atoms with E-state index in [1.807, 2.05) is 24.3 Å². The number of hydrogen-bond acceptors (Lipinski definition) is 2. The van der Waals surface area contributed by atoms with Crippen molar-refractivity contribution in [1.29, 1.82) is 0 Å². The summed E-state index contributed by atoms with van der Waals surface area (Å²) in [6, 6.07) is 7.86. The van der Waals surface area contributed by atoms with Gasteiger partial charge in [-0.15, -0.1) is 11.6 Å². The third-order valence-corrected chi connectivity index (χ3v) is 4.78. The molecule has 116 valence electrons. The van der Waals surface area contributed by atoms with Gasteiger partial charge in [-0.25, -0.2) is 0 Å². The van der Waals surface area contributed by atoms with Crippen molar-refractivity contribution in [2.45, 2.75) is 50.5 Å². The van der Waals surface area contributed by atoms with Gasteiger partial charge in [0.05, 0.1) is 12.6 Å². The lowest BCUT2D eigenvalue weighted by atomic mass is 9.83. The average molecular weight is 310 g/mol. The zero-order valence-electron chi connectivity index (χ0n) is 12.7. The lowest BCUT2D eigenvalue weighted by molar-refractivity contribution is -0.123. The third kappa shape index (κ3) is 4.63. The van der Waals surface area contributed by atoms with Crippen molar-refractivity contribution in [3.63, 3.8) is 0 Å². The van der Waals surface area contributed by atoms with E-state index in [0.717, 1.165) is 43.4 Å². The molecule has 0 aromatic heterocycles. The number of alkyl halides is 1. The second kappa shape index (κ2) is 7.69. The fraction of sp³-hybridized carbons (Fsp3) is 0.588. The molecule has 1 aliphatic rings. The summed E-state index contributed by atoms with van der Waals surface area (Å²) in [5.74, 6) is 1.46. The Kier molecular flexibility index (Phi) is 5.92. The Morgan fingerprint density at radius 2 is 1.90 bits per heavy atom. The van der Waals surface area contributed by atoms with Gasteiger partial charge in [-0.2, -0.15) is 0 Å². The predicted octanol–water partition coefficient (Wildman–Crippen LogP) is 3.69. The van der Waals surface area contributed by atoms with Crippen LogP contribution in [0.3, 0.4) is 0 Å². The second-order valence-electron chi connectivity index (χ2n) is 5.87. The zero-order valence-corrected chi connectivity index (χ0v) is 13.4. The largest absolute Gasteiger partial charge is 0.497 e. The van der Waals surface area contributed by atoms with E-state index in [-0.39, 0.29) is 11.4 Å². The van der Waals surface area contributed by atoms with Crippen molar-refractivity contribution in [2.75, 3.05) is 13.0 Å². The van der Waals surface area contributed by atoms with Gasteiger partial charge in [0.1, 0.15) is 5.75 Å². The van der Waals surface area contributed by atoms with E-state index in [4.69, 9.17) is 16.3 Å². The van der Waals surface area contributed by atoms with Crippen LogP contribution in [0.1, 0.15) is 44.1 Å². The zero-order chi connectivity index (χ0) is 15.1. The number of carbonyl (C=O) groups excluding carboxylic acids is 1. The van der Waals surface area contributed by atoms with Gasteiger partial charge in [-0.3, -0.25) is 4.79 Å². The van der Waals surface area contributed by atoms with Gasteiger partial charge in [-0.1, -0.05) is 31.4 Å². The van der Waals surface area contributed by atoms with Gasteiger partial charge in [0.25, 0.3) is 0 Å². The Morgan fingerprint density at radius 1 is 1.24 bits per heavy atom. The van der Waals surface area contributed by atoms with Crippen LogP contribution in [-0.2, 0) is 11.2 Å². The average Bonchev–Trinajstić information content (AvgIpc) is 2.54. The SMILES string of the molecule is COc1ccc(CCC(=O)NC2(CCl)CCCCC2)cc1. The number of aryl methyl sites for hydroxylation is 1. The fourth-order valence-corrected chi connectivity index (χ4v) is 3.26. The predicted molar refractivity (Wildman–Crippen MR) is 86.0 cm³/mol. The highest BCUT2D eigenvalue weighted by molar-refractivity contribution is 6.18. The van der Waals surface area contributed by atoms with Gasteiger partial charge >= 0.3 is 0 Å². The van der Waals surface area contributed by atoms with Crippen molar-refractivity contribution in [3.8, 4) is 5.75 Å². The van der Waals surface area contributed by atoms with Crippen molar-refractivity contribution < 1.29 is 9.53 Å². The molecule has 1 amide bonds. The van der Waals surface area contributed by atoms with Gasteiger partial charge in [0.2, 0.25) is 5.91 Å². The third-order valence-electron chi connectivity index (χ3n) is 4.27. The van der Waals surface area contributed by atoms with Crippen LogP contribution in [-0.4, -0.2) is 24.4 Å². The monoisotopic (exact) mass is 309 g/mol. The minimum absolute atomic E-state index is 0.105. The standard InChI is InChI=1S/C17H24ClNO2/c1-21-15-8-5-14(6-9-15)7-10-16(20)19-17(13-18)11-3-2-4-12-17/h5-6,8-9H,2-4,7,10-13H2,1H3,(H,19,20). The van der Waals surface area contributed by atoms with Crippen LogP contribution in [0.5, 0.6) is 5.75 Å². The Hall–Kier alpha value is -1.22. The molecule has 1 aromatic rings. The maximum absolute atomic E-state index is 12.2.